The van der Waals surface area contributed by atoms with Crippen molar-refractivity contribution >= 4 is 43.8 Å². The predicted octanol–water partition coefficient (Wildman–Crippen LogP) is 4.32. The van der Waals surface area contributed by atoms with Crippen LogP contribution in [0.1, 0.15) is 0 Å². The van der Waals surface area contributed by atoms with E-state index >= 15 is 0 Å². The summed E-state index contributed by atoms with van der Waals surface area (Å²) >= 11 is 3.57. The van der Waals surface area contributed by atoms with E-state index in [4.69, 9.17) is 5.73 Å². The first-order valence-electron chi connectivity index (χ1n) is 5.89. The third-order valence-electron chi connectivity index (χ3n) is 2.99. The fourth-order valence-corrected chi connectivity index (χ4v) is 2.51. The number of rotatable bonds is 2. The zero-order valence-electron chi connectivity index (χ0n) is 10.1. The molecule has 0 aliphatic rings. The van der Waals surface area contributed by atoms with Gasteiger partial charge < -0.3 is 11.1 Å². The number of pyridine rings is 1. The Morgan fingerprint density at radius 3 is 2.53 bits per heavy atom. The number of benzene rings is 2. The number of nitrogen functional groups attached to an aromatic ring is 1. The molecule has 0 aliphatic heterocycles. The Morgan fingerprint density at radius 2 is 1.74 bits per heavy atom. The molecule has 3 nitrogen and oxygen atoms in total. The molecule has 0 unspecified atom stereocenters. The van der Waals surface area contributed by atoms with Crippen LogP contribution in [0.5, 0.6) is 0 Å². The maximum Gasteiger partial charge on any atom is 0.0739 e. The molecule has 3 N–H and O–H groups in total. The van der Waals surface area contributed by atoms with Crippen molar-refractivity contribution in [2.24, 2.45) is 0 Å². The molecule has 0 saturated heterocycles. The highest BCUT2D eigenvalue weighted by Crippen LogP contribution is 2.32. The summed E-state index contributed by atoms with van der Waals surface area (Å²) in [6.45, 7) is 0. The highest BCUT2D eigenvalue weighted by molar-refractivity contribution is 9.10. The number of nitrogens with zero attached hydrogens (tertiary/aromatic N) is 1. The minimum atomic E-state index is 0.634. The smallest absolute Gasteiger partial charge is 0.0739 e. The number of fused-ring (bicyclic) bond motifs is 1. The van der Waals surface area contributed by atoms with Crippen LogP contribution in [-0.4, -0.2) is 4.98 Å². The Labute approximate surface area is 119 Å². The van der Waals surface area contributed by atoms with Gasteiger partial charge in [0.2, 0.25) is 0 Å². The number of anilines is 3. The van der Waals surface area contributed by atoms with E-state index in [0.29, 0.717) is 5.69 Å². The summed E-state index contributed by atoms with van der Waals surface area (Å²) in [4.78, 5) is 3.99. The van der Waals surface area contributed by atoms with Gasteiger partial charge in [-0.15, -0.1) is 0 Å². The Bertz CT molecular complexity index is 740. The van der Waals surface area contributed by atoms with Gasteiger partial charge in [-0.25, -0.2) is 0 Å². The van der Waals surface area contributed by atoms with Gasteiger partial charge in [-0.1, -0.05) is 40.2 Å². The van der Waals surface area contributed by atoms with E-state index in [1.54, 1.807) is 12.4 Å². The van der Waals surface area contributed by atoms with Crippen LogP contribution in [0.3, 0.4) is 0 Å². The Balaban J connectivity index is 2.12. The molecule has 19 heavy (non-hydrogen) atoms. The summed E-state index contributed by atoms with van der Waals surface area (Å²) in [7, 11) is 0. The van der Waals surface area contributed by atoms with E-state index in [1.807, 2.05) is 30.3 Å². The summed E-state index contributed by atoms with van der Waals surface area (Å²) in [5, 5.41) is 5.67. The molecular formula is C15H12BrN3. The zero-order valence-corrected chi connectivity index (χ0v) is 11.7. The van der Waals surface area contributed by atoms with Crippen molar-refractivity contribution in [2.75, 3.05) is 11.1 Å². The second-order valence-electron chi connectivity index (χ2n) is 4.23. The number of nitrogens with one attached hydrogen (secondary N) is 1. The standard InChI is InChI=1S/C15H12BrN3/c16-12-5-6-14(11-4-2-1-3-10(11)12)19-15-7-8-18-9-13(15)17/h1-9H,17H2,(H,18,19). The normalized spacial score (nSPS) is 10.6. The molecule has 3 aromatic rings. The summed E-state index contributed by atoms with van der Waals surface area (Å²) in [6, 6.07) is 14.1. The van der Waals surface area contributed by atoms with Crippen molar-refractivity contribution in [3.8, 4) is 0 Å². The average molecular weight is 314 g/mol. The van der Waals surface area contributed by atoms with Crippen LogP contribution in [0.15, 0.2) is 59.3 Å². The first-order valence-corrected chi connectivity index (χ1v) is 6.69. The van der Waals surface area contributed by atoms with Gasteiger partial charge in [-0.3, -0.25) is 4.98 Å². The molecule has 4 heteroatoms. The van der Waals surface area contributed by atoms with Gasteiger partial charge in [0.05, 0.1) is 17.6 Å². The Morgan fingerprint density at radius 1 is 0.947 bits per heavy atom. The van der Waals surface area contributed by atoms with Gasteiger partial charge >= 0.3 is 0 Å². The molecule has 0 aliphatic carbocycles. The van der Waals surface area contributed by atoms with Crippen molar-refractivity contribution in [1.82, 2.24) is 4.98 Å². The quantitative estimate of drug-likeness (QED) is 0.740. The lowest BCUT2D eigenvalue weighted by atomic mass is 10.1. The first kappa shape index (κ1) is 12.0. The number of nitrogens with two attached hydrogens (primary N) is 1. The molecule has 3 rings (SSSR count). The number of hydrogen-bond acceptors (Lipinski definition) is 3. The maximum absolute atomic E-state index is 5.91. The highest BCUT2D eigenvalue weighted by atomic mass is 79.9. The van der Waals surface area contributed by atoms with Gasteiger partial charge in [-0.05, 0) is 23.6 Å². The van der Waals surface area contributed by atoms with Crippen molar-refractivity contribution in [3.05, 3.63) is 59.3 Å². The van der Waals surface area contributed by atoms with E-state index < -0.39 is 0 Å². The second-order valence-corrected chi connectivity index (χ2v) is 5.08. The summed E-state index contributed by atoms with van der Waals surface area (Å²) in [5.74, 6) is 0. The molecule has 0 radical (unpaired) electrons. The highest BCUT2D eigenvalue weighted by Gasteiger charge is 2.05. The third-order valence-corrected chi connectivity index (χ3v) is 3.68. The molecule has 94 valence electrons. The van der Waals surface area contributed by atoms with Crippen molar-refractivity contribution < 1.29 is 0 Å². The van der Waals surface area contributed by atoms with E-state index in [0.717, 1.165) is 21.2 Å². The lowest BCUT2D eigenvalue weighted by Crippen LogP contribution is -1.97. The minimum absolute atomic E-state index is 0.634. The molecule has 2 aromatic carbocycles. The largest absolute Gasteiger partial charge is 0.396 e. The number of aromatic nitrogens is 1. The van der Waals surface area contributed by atoms with Gasteiger partial charge in [0.1, 0.15) is 0 Å². The molecular weight excluding hydrogens is 302 g/mol. The Hall–Kier alpha value is -2.07. The van der Waals surface area contributed by atoms with Crippen LogP contribution in [-0.2, 0) is 0 Å². The second kappa shape index (κ2) is 4.90. The van der Waals surface area contributed by atoms with E-state index in [1.165, 1.54) is 5.39 Å². The molecule has 0 spiro atoms. The molecule has 0 atom stereocenters. The molecule has 0 saturated carbocycles. The topological polar surface area (TPSA) is 50.9 Å². The van der Waals surface area contributed by atoms with Crippen LogP contribution in [0.25, 0.3) is 10.8 Å². The molecule has 1 aromatic heterocycles. The van der Waals surface area contributed by atoms with Gasteiger partial charge in [-0.2, -0.15) is 0 Å². The number of halogens is 1. The fourth-order valence-electron chi connectivity index (χ4n) is 2.04. The predicted molar refractivity (Wildman–Crippen MR) is 83.6 cm³/mol. The lowest BCUT2D eigenvalue weighted by molar-refractivity contribution is 1.33. The molecule has 0 amide bonds. The first-order chi connectivity index (χ1) is 9.25. The van der Waals surface area contributed by atoms with Crippen LogP contribution >= 0.6 is 15.9 Å². The molecule has 0 bridgehead atoms. The van der Waals surface area contributed by atoms with Gasteiger partial charge in [0.25, 0.3) is 0 Å². The molecule has 0 fully saturated rings. The van der Waals surface area contributed by atoms with Crippen molar-refractivity contribution in [2.45, 2.75) is 0 Å². The Kier molecular flexibility index (Phi) is 3.09. The van der Waals surface area contributed by atoms with E-state index in [-0.39, 0.29) is 0 Å². The molecule has 1 heterocycles. The van der Waals surface area contributed by atoms with Crippen molar-refractivity contribution in [3.63, 3.8) is 0 Å². The SMILES string of the molecule is Nc1cnccc1Nc1ccc(Br)c2ccccc12. The van der Waals surface area contributed by atoms with Gasteiger partial charge in [0.15, 0.2) is 0 Å². The number of hydrogen-bond donors (Lipinski definition) is 2. The fraction of sp³-hybridized carbons (Fsp3) is 0. The van der Waals surface area contributed by atoms with Crippen LogP contribution in [0.4, 0.5) is 17.1 Å². The van der Waals surface area contributed by atoms with Crippen molar-refractivity contribution in [1.29, 1.82) is 0 Å². The lowest BCUT2D eigenvalue weighted by Gasteiger charge is -2.12. The maximum atomic E-state index is 5.91. The van der Waals surface area contributed by atoms with Crippen LogP contribution in [0, 0.1) is 0 Å². The summed E-state index contributed by atoms with van der Waals surface area (Å²) in [5.41, 5.74) is 8.43. The van der Waals surface area contributed by atoms with E-state index in [2.05, 4.69) is 38.4 Å². The van der Waals surface area contributed by atoms with E-state index in [9.17, 15) is 0 Å². The summed E-state index contributed by atoms with van der Waals surface area (Å²) in [6.07, 6.45) is 3.36. The third kappa shape index (κ3) is 2.27. The zero-order chi connectivity index (χ0) is 13.2. The van der Waals surface area contributed by atoms with Gasteiger partial charge in [0, 0.05) is 21.7 Å². The monoisotopic (exact) mass is 313 g/mol. The summed E-state index contributed by atoms with van der Waals surface area (Å²) < 4.78 is 1.08. The van der Waals surface area contributed by atoms with Crippen LogP contribution in [0.2, 0.25) is 0 Å². The minimum Gasteiger partial charge on any atom is -0.396 e. The average Bonchev–Trinajstić information content (AvgIpc) is 2.44. The van der Waals surface area contributed by atoms with Crippen LogP contribution < -0.4 is 11.1 Å².